The van der Waals surface area contributed by atoms with Crippen LogP contribution in [0.15, 0.2) is 53.0 Å². The second-order valence-electron chi connectivity index (χ2n) is 4.49. The molecule has 0 radical (unpaired) electrons. The first-order chi connectivity index (χ1) is 9.19. The van der Waals surface area contributed by atoms with Gasteiger partial charge in [-0.2, -0.15) is 0 Å². The second-order valence-corrected chi connectivity index (χ2v) is 5.78. The van der Waals surface area contributed by atoms with E-state index >= 15 is 0 Å². The van der Waals surface area contributed by atoms with Gasteiger partial charge in [0.1, 0.15) is 0 Å². The molecule has 0 heterocycles. The molecule has 0 bridgehead atoms. The van der Waals surface area contributed by atoms with Gasteiger partial charge in [-0.1, -0.05) is 57.9 Å². The lowest BCUT2D eigenvalue weighted by atomic mass is 9.99. The van der Waals surface area contributed by atoms with Gasteiger partial charge in [0.2, 0.25) is 0 Å². The Kier molecular flexibility index (Phi) is 5.40. The summed E-state index contributed by atoms with van der Waals surface area (Å²) in [6.45, 7) is 0. The maximum atomic E-state index is 6.00. The smallest absolute Gasteiger partial charge is 0.0408 e. The molecule has 2 aromatic carbocycles. The molecule has 0 aliphatic rings. The summed E-state index contributed by atoms with van der Waals surface area (Å²) in [5.41, 5.74) is 5.31. The van der Waals surface area contributed by atoms with E-state index in [9.17, 15) is 0 Å². The summed E-state index contributed by atoms with van der Waals surface area (Å²) in [4.78, 5) is 0. The van der Waals surface area contributed by atoms with E-state index in [1.54, 1.807) is 0 Å². The molecule has 1 unspecified atom stereocenters. The fraction of sp³-hybridized carbons (Fsp3) is 0.200. The van der Waals surface area contributed by atoms with Crippen molar-refractivity contribution >= 4 is 27.5 Å². The van der Waals surface area contributed by atoms with Gasteiger partial charge in [-0.05, 0) is 42.2 Å². The molecule has 2 rings (SSSR count). The van der Waals surface area contributed by atoms with Crippen molar-refractivity contribution in [1.29, 1.82) is 0 Å². The number of benzene rings is 2. The van der Waals surface area contributed by atoms with Crippen LogP contribution in [-0.4, -0.2) is 6.04 Å². The Morgan fingerprint density at radius 1 is 1.11 bits per heavy atom. The molecule has 2 nitrogen and oxygen atoms in total. The molecule has 0 amide bonds. The van der Waals surface area contributed by atoms with E-state index in [4.69, 9.17) is 17.4 Å². The predicted molar refractivity (Wildman–Crippen MR) is 84.1 cm³/mol. The monoisotopic (exact) mass is 338 g/mol. The summed E-state index contributed by atoms with van der Waals surface area (Å²) in [6.07, 6.45) is 1.71. The van der Waals surface area contributed by atoms with Crippen LogP contribution in [0.25, 0.3) is 0 Å². The fourth-order valence-electron chi connectivity index (χ4n) is 2.07. The van der Waals surface area contributed by atoms with Crippen LogP contribution in [0.4, 0.5) is 0 Å². The third-order valence-corrected chi connectivity index (χ3v) is 4.04. The number of nitrogens with one attached hydrogen (secondary N) is 1. The zero-order valence-corrected chi connectivity index (χ0v) is 12.8. The van der Waals surface area contributed by atoms with Gasteiger partial charge in [0.25, 0.3) is 0 Å². The molecule has 0 saturated carbocycles. The Balaban J connectivity index is 2.07. The lowest BCUT2D eigenvalue weighted by molar-refractivity contribution is 0.522. The van der Waals surface area contributed by atoms with E-state index in [0.717, 1.165) is 22.3 Å². The molecule has 0 saturated heterocycles. The zero-order chi connectivity index (χ0) is 13.7. The summed E-state index contributed by atoms with van der Waals surface area (Å²) >= 11 is 9.56. The molecule has 2 aromatic rings. The number of nitrogens with two attached hydrogens (primary N) is 1. The van der Waals surface area contributed by atoms with Crippen molar-refractivity contribution in [3.05, 3.63) is 69.2 Å². The molecule has 100 valence electrons. The number of rotatable bonds is 5. The van der Waals surface area contributed by atoms with Crippen molar-refractivity contribution in [2.75, 3.05) is 0 Å². The molecule has 0 spiro atoms. The number of hydrazine groups is 1. The highest BCUT2D eigenvalue weighted by atomic mass is 79.9. The maximum Gasteiger partial charge on any atom is 0.0408 e. The summed E-state index contributed by atoms with van der Waals surface area (Å²) in [7, 11) is 0. The van der Waals surface area contributed by atoms with Crippen molar-refractivity contribution in [3.63, 3.8) is 0 Å². The van der Waals surface area contributed by atoms with Gasteiger partial charge < -0.3 is 0 Å². The third-order valence-electron chi connectivity index (χ3n) is 3.03. The molecule has 0 aliphatic heterocycles. The topological polar surface area (TPSA) is 38.0 Å². The van der Waals surface area contributed by atoms with E-state index < -0.39 is 0 Å². The Bertz CT molecular complexity index is 545. The molecule has 1 atom stereocenters. The molecule has 3 N–H and O–H groups in total. The molecule has 19 heavy (non-hydrogen) atoms. The van der Waals surface area contributed by atoms with Gasteiger partial charge in [-0.3, -0.25) is 11.3 Å². The van der Waals surface area contributed by atoms with E-state index in [1.165, 1.54) is 11.1 Å². The van der Waals surface area contributed by atoms with E-state index in [2.05, 4.69) is 33.5 Å². The first kappa shape index (κ1) is 14.5. The predicted octanol–water partition coefficient (Wildman–Crippen LogP) is 3.72. The number of halogens is 2. The van der Waals surface area contributed by atoms with Crippen molar-refractivity contribution in [2.24, 2.45) is 5.84 Å². The molecular formula is C15H16BrClN2. The van der Waals surface area contributed by atoms with Crippen LogP contribution in [-0.2, 0) is 12.8 Å². The Morgan fingerprint density at radius 2 is 1.89 bits per heavy atom. The van der Waals surface area contributed by atoms with Gasteiger partial charge >= 0.3 is 0 Å². The molecule has 0 aliphatic carbocycles. The van der Waals surface area contributed by atoms with Crippen LogP contribution >= 0.6 is 27.5 Å². The zero-order valence-electron chi connectivity index (χ0n) is 10.4. The average Bonchev–Trinajstić information content (AvgIpc) is 2.40. The Morgan fingerprint density at radius 3 is 2.58 bits per heavy atom. The molecule has 0 fully saturated rings. The summed E-state index contributed by atoms with van der Waals surface area (Å²) in [5, 5.41) is 0.758. The third kappa shape index (κ3) is 4.32. The van der Waals surface area contributed by atoms with E-state index in [0.29, 0.717) is 0 Å². The van der Waals surface area contributed by atoms with E-state index in [-0.39, 0.29) is 6.04 Å². The van der Waals surface area contributed by atoms with Gasteiger partial charge in [-0.25, -0.2) is 0 Å². The van der Waals surface area contributed by atoms with Crippen LogP contribution in [0.2, 0.25) is 5.02 Å². The number of hydrogen-bond acceptors (Lipinski definition) is 2. The SMILES string of the molecule is NNC(Cc1cccc(Cl)c1)Cc1ccccc1Br. The summed E-state index contributed by atoms with van der Waals surface area (Å²) in [6, 6.07) is 16.3. The first-order valence-electron chi connectivity index (χ1n) is 6.13. The van der Waals surface area contributed by atoms with Crippen LogP contribution in [0.5, 0.6) is 0 Å². The standard InChI is InChI=1S/C15H16BrClN2/c16-15-7-2-1-5-12(15)10-14(19-18)9-11-4-3-6-13(17)8-11/h1-8,14,19H,9-10,18H2. The largest absolute Gasteiger partial charge is 0.271 e. The average molecular weight is 340 g/mol. The quantitative estimate of drug-likeness (QED) is 0.643. The molecule has 0 aromatic heterocycles. The fourth-order valence-corrected chi connectivity index (χ4v) is 2.73. The van der Waals surface area contributed by atoms with Crippen LogP contribution in [0, 0.1) is 0 Å². The minimum atomic E-state index is 0.178. The van der Waals surface area contributed by atoms with Crippen LogP contribution < -0.4 is 11.3 Å². The molecular weight excluding hydrogens is 324 g/mol. The van der Waals surface area contributed by atoms with Gasteiger partial charge in [0.15, 0.2) is 0 Å². The lowest BCUT2D eigenvalue weighted by Gasteiger charge is -2.17. The van der Waals surface area contributed by atoms with Gasteiger partial charge in [-0.15, -0.1) is 0 Å². The molecule has 4 heteroatoms. The lowest BCUT2D eigenvalue weighted by Crippen LogP contribution is -2.38. The number of hydrogen-bond donors (Lipinski definition) is 2. The van der Waals surface area contributed by atoms with Crippen molar-refractivity contribution in [2.45, 2.75) is 18.9 Å². The van der Waals surface area contributed by atoms with Gasteiger partial charge in [0.05, 0.1) is 0 Å². The highest BCUT2D eigenvalue weighted by Gasteiger charge is 2.11. The highest BCUT2D eigenvalue weighted by molar-refractivity contribution is 9.10. The Labute approximate surface area is 127 Å². The summed E-state index contributed by atoms with van der Waals surface area (Å²) in [5.74, 6) is 5.66. The highest BCUT2D eigenvalue weighted by Crippen LogP contribution is 2.19. The minimum Gasteiger partial charge on any atom is -0.271 e. The summed E-state index contributed by atoms with van der Waals surface area (Å²) < 4.78 is 1.11. The van der Waals surface area contributed by atoms with Crippen LogP contribution in [0.3, 0.4) is 0 Å². The van der Waals surface area contributed by atoms with E-state index in [1.807, 2.05) is 36.4 Å². The van der Waals surface area contributed by atoms with Crippen molar-refractivity contribution in [3.8, 4) is 0 Å². The normalized spacial score (nSPS) is 12.4. The Hall–Kier alpha value is -0.870. The van der Waals surface area contributed by atoms with Crippen molar-refractivity contribution < 1.29 is 0 Å². The maximum absolute atomic E-state index is 6.00. The first-order valence-corrected chi connectivity index (χ1v) is 7.30. The van der Waals surface area contributed by atoms with Gasteiger partial charge in [0, 0.05) is 15.5 Å². The van der Waals surface area contributed by atoms with Crippen LogP contribution in [0.1, 0.15) is 11.1 Å². The second kappa shape index (κ2) is 7.06. The minimum absolute atomic E-state index is 0.178. The van der Waals surface area contributed by atoms with Crippen molar-refractivity contribution in [1.82, 2.24) is 5.43 Å².